The van der Waals surface area contributed by atoms with Crippen molar-refractivity contribution in [3.8, 4) is 0 Å². The fourth-order valence-corrected chi connectivity index (χ4v) is 1.76. The van der Waals surface area contributed by atoms with Crippen LogP contribution in [0.3, 0.4) is 0 Å². The van der Waals surface area contributed by atoms with Crippen LogP contribution >= 0.6 is 0 Å². The lowest BCUT2D eigenvalue weighted by Gasteiger charge is -2.32. The van der Waals surface area contributed by atoms with E-state index in [4.69, 9.17) is 0 Å². The molecule has 0 radical (unpaired) electrons. The minimum Gasteiger partial charge on any atom is -0.356 e. The second-order valence-corrected chi connectivity index (χ2v) is 3.97. The van der Waals surface area contributed by atoms with E-state index in [-0.39, 0.29) is 31.6 Å². The van der Waals surface area contributed by atoms with Gasteiger partial charge in [0.25, 0.3) is 11.6 Å². The van der Waals surface area contributed by atoms with E-state index < -0.39 is 10.8 Å². The fraction of sp³-hybridized carbons (Fsp3) is 0.500. The SMILES string of the molecule is O=[N+]([O-])c1ccnc(N2CCC(F)(F)CC2)c1. The number of nitro groups is 1. The maximum absolute atomic E-state index is 12.9. The first kappa shape index (κ1) is 11.7. The largest absolute Gasteiger partial charge is 0.356 e. The second-order valence-electron chi connectivity index (χ2n) is 3.97. The van der Waals surface area contributed by atoms with Crippen LogP contribution in [0.4, 0.5) is 20.3 Å². The molecule has 0 aliphatic carbocycles. The molecule has 1 fully saturated rings. The smallest absolute Gasteiger partial charge is 0.274 e. The molecular formula is C10H11F2N3O2. The molecule has 2 rings (SSSR count). The van der Waals surface area contributed by atoms with Crippen molar-refractivity contribution in [3.05, 3.63) is 28.4 Å². The topological polar surface area (TPSA) is 59.3 Å². The van der Waals surface area contributed by atoms with E-state index in [0.29, 0.717) is 5.82 Å². The number of halogens is 2. The Balaban J connectivity index is 2.13. The Morgan fingerprint density at radius 1 is 1.41 bits per heavy atom. The van der Waals surface area contributed by atoms with E-state index in [1.807, 2.05) is 0 Å². The van der Waals surface area contributed by atoms with Crippen LogP contribution in [0.15, 0.2) is 18.3 Å². The van der Waals surface area contributed by atoms with Crippen LogP contribution in [0.1, 0.15) is 12.8 Å². The van der Waals surface area contributed by atoms with Gasteiger partial charge < -0.3 is 4.90 Å². The van der Waals surface area contributed by atoms with Crippen LogP contribution in [-0.4, -0.2) is 28.9 Å². The Kier molecular flexibility index (Phi) is 2.91. The molecule has 92 valence electrons. The Labute approximate surface area is 96.2 Å². The van der Waals surface area contributed by atoms with Crippen LogP contribution in [0, 0.1) is 10.1 Å². The van der Waals surface area contributed by atoms with E-state index in [1.54, 1.807) is 4.90 Å². The number of aromatic nitrogens is 1. The van der Waals surface area contributed by atoms with Crippen LogP contribution < -0.4 is 4.90 Å². The Bertz CT molecular complexity index is 429. The van der Waals surface area contributed by atoms with Gasteiger partial charge >= 0.3 is 0 Å². The van der Waals surface area contributed by atoms with Gasteiger partial charge in [-0.15, -0.1) is 0 Å². The number of hydrogen-bond donors (Lipinski definition) is 0. The number of nitrogens with zero attached hydrogens (tertiary/aromatic N) is 3. The predicted octanol–water partition coefficient (Wildman–Crippen LogP) is 2.23. The quantitative estimate of drug-likeness (QED) is 0.590. The number of pyridine rings is 1. The van der Waals surface area contributed by atoms with Gasteiger partial charge in [0.05, 0.1) is 11.0 Å². The maximum Gasteiger partial charge on any atom is 0.274 e. The highest BCUT2D eigenvalue weighted by Gasteiger charge is 2.34. The van der Waals surface area contributed by atoms with Crippen molar-refractivity contribution in [3.63, 3.8) is 0 Å². The lowest BCUT2D eigenvalue weighted by Crippen LogP contribution is -2.39. The van der Waals surface area contributed by atoms with Gasteiger partial charge in [-0.25, -0.2) is 13.8 Å². The molecule has 0 amide bonds. The molecule has 1 aromatic rings. The maximum atomic E-state index is 12.9. The molecule has 0 atom stereocenters. The molecule has 0 spiro atoms. The lowest BCUT2D eigenvalue weighted by atomic mass is 10.1. The fourth-order valence-electron chi connectivity index (χ4n) is 1.76. The summed E-state index contributed by atoms with van der Waals surface area (Å²) in [6, 6.07) is 2.59. The molecule has 1 saturated heterocycles. The highest BCUT2D eigenvalue weighted by atomic mass is 19.3. The monoisotopic (exact) mass is 243 g/mol. The Morgan fingerprint density at radius 3 is 2.65 bits per heavy atom. The second kappa shape index (κ2) is 4.23. The van der Waals surface area contributed by atoms with Gasteiger partial charge in [-0.3, -0.25) is 10.1 Å². The van der Waals surface area contributed by atoms with Crippen molar-refractivity contribution in [2.75, 3.05) is 18.0 Å². The molecule has 5 nitrogen and oxygen atoms in total. The van der Waals surface area contributed by atoms with Crippen molar-refractivity contribution < 1.29 is 13.7 Å². The van der Waals surface area contributed by atoms with Gasteiger partial charge in [0.15, 0.2) is 0 Å². The first-order valence-corrected chi connectivity index (χ1v) is 5.21. The average Bonchev–Trinajstić information content (AvgIpc) is 2.29. The molecule has 2 heterocycles. The third-order valence-corrected chi connectivity index (χ3v) is 2.76. The molecule has 0 bridgehead atoms. The van der Waals surface area contributed by atoms with E-state index in [1.165, 1.54) is 18.3 Å². The third-order valence-electron chi connectivity index (χ3n) is 2.76. The minimum atomic E-state index is -2.63. The predicted molar refractivity (Wildman–Crippen MR) is 57.3 cm³/mol. The van der Waals surface area contributed by atoms with E-state index >= 15 is 0 Å². The van der Waals surface area contributed by atoms with Crippen molar-refractivity contribution in [2.24, 2.45) is 0 Å². The van der Waals surface area contributed by atoms with Gasteiger partial charge in [0, 0.05) is 38.2 Å². The third kappa shape index (κ3) is 2.66. The van der Waals surface area contributed by atoms with Crippen LogP contribution in [-0.2, 0) is 0 Å². The standard InChI is InChI=1S/C10H11F2N3O2/c11-10(12)2-5-14(6-3-10)9-7-8(15(16)17)1-4-13-9/h1,4,7H,2-3,5-6H2. The van der Waals surface area contributed by atoms with Crippen LogP contribution in [0.25, 0.3) is 0 Å². The summed E-state index contributed by atoms with van der Waals surface area (Å²) in [5.74, 6) is -2.24. The van der Waals surface area contributed by atoms with Crippen molar-refractivity contribution >= 4 is 11.5 Å². The number of hydrogen-bond acceptors (Lipinski definition) is 4. The van der Waals surface area contributed by atoms with Crippen LogP contribution in [0.2, 0.25) is 0 Å². The summed E-state index contributed by atoms with van der Waals surface area (Å²) in [6.07, 6.45) is 0.842. The van der Waals surface area contributed by atoms with Gasteiger partial charge in [-0.2, -0.15) is 0 Å². The molecule has 0 N–H and O–H groups in total. The molecular weight excluding hydrogens is 232 g/mol. The van der Waals surface area contributed by atoms with Crippen molar-refractivity contribution in [2.45, 2.75) is 18.8 Å². The molecule has 1 aliphatic heterocycles. The summed E-state index contributed by atoms with van der Waals surface area (Å²) in [6.45, 7) is 0.336. The summed E-state index contributed by atoms with van der Waals surface area (Å²) in [4.78, 5) is 15.7. The van der Waals surface area contributed by atoms with Gasteiger partial charge in [0.2, 0.25) is 0 Å². The number of alkyl halides is 2. The van der Waals surface area contributed by atoms with Gasteiger partial charge in [-0.1, -0.05) is 0 Å². The summed E-state index contributed by atoms with van der Waals surface area (Å²) in [5.41, 5.74) is -0.0765. The summed E-state index contributed by atoms with van der Waals surface area (Å²) >= 11 is 0. The van der Waals surface area contributed by atoms with Gasteiger partial charge in [0.1, 0.15) is 5.82 Å². The molecule has 7 heteroatoms. The summed E-state index contributed by atoms with van der Waals surface area (Å²) < 4.78 is 25.9. The lowest BCUT2D eigenvalue weighted by molar-refractivity contribution is -0.384. The highest BCUT2D eigenvalue weighted by Crippen LogP contribution is 2.30. The van der Waals surface area contributed by atoms with Crippen LogP contribution in [0.5, 0.6) is 0 Å². The van der Waals surface area contributed by atoms with E-state index in [2.05, 4.69) is 4.98 Å². The summed E-state index contributed by atoms with van der Waals surface area (Å²) in [7, 11) is 0. The molecule has 0 unspecified atom stereocenters. The number of anilines is 1. The first-order chi connectivity index (χ1) is 7.98. The normalized spacial score (nSPS) is 19.1. The molecule has 1 aliphatic rings. The number of piperidine rings is 1. The zero-order chi connectivity index (χ0) is 12.5. The molecule has 17 heavy (non-hydrogen) atoms. The first-order valence-electron chi connectivity index (χ1n) is 5.21. The molecule has 1 aromatic heterocycles. The zero-order valence-electron chi connectivity index (χ0n) is 8.97. The van der Waals surface area contributed by atoms with Gasteiger partial charge in [-0.05, 0) is 0 Å². The van der Waals surface area contributed by atoms with Crippen molar-refractivity contribution in [1.82, 2.24) is 4.98 Å². The Morgan fingerprint density at radius 2 is 2.06 bits per heavy atom. The van der Waals surface area contributed by atoms with Crippen molar-refractivity contribution in [1.29, 1.82) is 0 Å². The molecule has 0 aromatic carbocycles. The zero-order valence-corrected chi connectivity index (χ0v) is 8.97. The summed E-state index contributed by atoms with van der Waals surface area (Å²) in [5, 5.41) is 10.6. The minimum absolute atomic E-state index is 0.0765. The Hall–Kier alpha value is -1.79. The average molecular weight is 243 g/mol. The highest BCUT2D eigenvalue weighted by molar-refractivity contribution is 5.46. The van der Waals surface area contributed by atoms with E-state index in [0.717, 1.165) is 0 Å². The van der Waals surface area contributed by atoms with E-state index in [9.17, 15) is 18.9 Å². The number of rotatable bonds is 2. The molecule has 0 saturated carbocycles.